The average Bonchev–Trinajstić information content (AvgIpc) is 3.31. The summed E-state index contributed by atoms with van der Waals surface area (Å²) in [6.07, 6.45) is 22.7. The lowest BCUT2D eigenvalue weighted by molar-refractivity contribution is -0.273. The summed E-state index contributed by atoms with van der Waals surface area (Å²) in [5, 5.41) is 30.8. The molecule has 0 unspecified atom stereocenters. The molecule has 2 aliphatic rings. The minimum Gasteiger partial charge on any atom is -0.455 e. The van der Waals surface area contributed by atoms with Crippen molar-refractivity contribution in [2.45, 2.75) is 192 Å². The Labute approximate surface area is 268 Å². The Balaban J connectivity index is 1.37. The fraction of sp³-hybridized carbons (Fsp3) is 0.917. The average molecular weight is 627 g/mol. The van der Waals surface area contributed by atoms with Gasteiger partial charge in [-0.2, -0.15) is 0 Å². The molecule has 8 heteroatoms. The zero-order valence-corrected chi connectivity index (χ0v) is 28.1. The van der Waals surface area contributed by atoms with Crippen molar-refractivity contribution in [3.05, 3.63) is 11.6 Å². The summed E-state index contributed by atoms with van der Waals surface area (Å²) in [7, 11) is 0. The van der Waals surface area contributed by atoms with E-state index in [0.29, 0.717) is 38.2 Å². The van der Waals surface area contributed by atoms with Crippen molar-refractivity contribution in [3.63, 3.8) is 0 Å². The Kier molecular flexibility index (Phi) is 22.3. The van der Waals surface area contributed by atoms with Crippen LogP contribution in [0.15, 0.2) is 11.6 Å². The number of cyclic esters (lactones) is 1. The summed E-state index contributed by atoms with van der Waals surface area (Å²) < 4.78 is 22.6. The Morgan fingerprint density at radius 3 is 1.93 bits per heavy atom. The first-order chi connectivity index (χ1) is 21.4. The summed E-state index contributed by atoms with van der Waals surface area (Å²) in [5.74, 6) is -0.283. The maximum absolute atomic E-state index is 11.6. The third kappa shape index (κ3) is 18.2. The van der Waals surface area contributed by atoms with Crippen LogP contribution < -0.4 is 0 Å². The van der Waals surface area contributed by atoms with E-state index in [2.05, 4.69) is 6.92 Å². The lowest BCUT2D eigenvalue weighted by Crippen LogP contribution is -2.50. The van der Waals surface area contributed by atoms with Crippen molar-refractivity contribution in [2.24, 2.45) is 0 Å². The molecule has 0 spiro atoms. The molecule has 2 rings (SSSR count). The van der Waals surface area contributed by atoms with Gasteiger partial charge in [0.05, 0.1) is 24.9 Å². The summed E-state index contributed by atoms with van der Waals surface area (Å²) in [4.78, 5) is 11.6. The number of hydrogen-bond acceptors (Lipinski definition) is 8. The molecule has 1 saturated heterocycles. The maximum Gasteiger partial charge on any atom is 0.334 e. The van der Waals surface area contributed by atoms with Crippen LogP contribution in [-0.4, -0.2) is 77.9 Å². The van der Waals surface area contributed by atoms with Crippen molar-refractivity contribution >= 4 is 5.97 Å². The van der Waals surface area contributed by atoms with E-state index in [0.717, 1.165) is 38.5 Å². The van der Waals surface area contributed by atoms with E-state index in [1.165, 1.54) is 89.9 Å². The Morgan fingerprint density at radius 1 is 0.818 bits per heavy atom. The van der Waals surface area contributed by atoms with E-state index in [1.54, 1.807) is 0 Å². The van der Waals surface area contributed by atoms with Gasteiger partial charge in [-0.3, -0.25) is 0 Å². The van der Waals surface area contributed by atoms with Gasteiger partial charge in [-0.25, -0.2) is 4.79 Å². The second kappa shape index (κ2) is 25.1. The molecule has 3 N–H and O–H groups in total. The minimum absolute atomic E-state index is 0.170. The Bertz CT molecular complexity index is 744. The highest BCUT2D eigenvalue weighted by molar-refractivity contribution is 5.90. The largest absolute Gasteiger partial charge is 0.455 e. The molecular weight excluding hydrogens is 560 g/mol. The van der Waals surface area contributed by atoms with Crippen LogP contribution in [0.2, 0.25) is 0 Å². The molecule has 258 valence electrons. The monoisotopic (exact) mass is 626 g/mol. The summed E-state index contributed by atoms with van der Waals surface area (Å²) >= 11 is 0. The number of carbonyl (C=O) groups is 1. The molecular formula is C36H66O8. The number of aliphatic hydroxyl groups excluding tert-OH is 3. The molecule has 0 aromatic rings. The zero-order chi connectivity index (χ0) is 31.8. The van der Waals surface area contributed by atoms with Gasteiger partial charge in [-0.15, -0.1) is 0 Å². The second-order valence-electron chi connectivity index (χ2n) is 13.2. The van der Waals surface area contributed by atoms with Gasteiger partial charge in [-0.1, -0.05) is 116 Å². The summed E-state index contributed by atoms with van der Waals surface area (Å²) in [6.45, 7) is 5.74. The van der Waals surface area contributed by atoms with Crippen LogP contribution in [-0.2, 0) is 23.7 Å². The van der Waals surface area contributed by atoms with E-state index in [1.807, 2.05) is 13.0 Å². The highest BCUT2D eigenvalue weighted by Gasteiger charge is 2.37. The molecule has 1 fully saturated rings. The summed E-state index contributed by atoms with van der Waals surface area (Å²) in [5.41, 5.74) is 0.615. The molecule has 0 saturated carbocycles. The molecule has 0 radical (unpaired) electrons. The molecule has 44 heavy (non-hydrogen) atoms. The second-order valence-corrected chi connectivity index (χ2v) is 13.2. The predicted octanol–water partition coefficient (Wildman–Crippen LogP) is 7.30. The van der Waals surface area contributed by atoms with Crippen LogP contribution in [0, 0.1) is 0 Å². The fourth-order valence-electron chi connectivity index (χ4n) is 6.12. The topological polar surface area (TPSA) is 115 Å². The molecule has 2 heterocycles. The van der Waals surface area contributed by atoms with Crippen molar-refractivity contribution in [1.82, 2.24) is 0 Å². The third-order valence-electron chi connectivity index (χ3n) is 8.86. The van der Waals surface area contributed by atoms with Crippen molar-refractivity contribution in [3.8, 4) is 0 Å². The van der Waals surface area contributed by atoms with Crippen LogP contribution in [0.5, 0.6) is 0 Å². The number of rotatable bonds is 28. The number of unbranched alkanes of at least 4 members (excludes halogenated alkanes) is 17. The highest BCUT2D eigenvalue weighted by atomic mass is 16.7. The third-order valence-corrected chi connectivity index (χ3v) is 8.86. The number of carbonyl (C=O) groups excluding carboxylic acids is 1. The predicted molar refractivity (Wildman–Crippen MR) is 174 cm³/mol. The molecule has 8 nitrogen and oxygen atoms in total. The first kappa shape index (κ1) is 39.1. The number of aliphatic hydroxyl groups is 3. The first-order valence-electron chi connectivity index (χ1n) is 18.2. The molecule has 0 aliphatic carbocycles. The number of ether oxygens (including phenoxy) is 4. The lowest BCUT2D eigenvalue weighted by Gasteiger charge is -2.36. The fourth-order valence-corrected chi connectivity index (χ4v) is 6.12. The van der Waals surface area contributed by atoms with Crippen LogP contribution in [0.4, 0.5) is 0 Å². The SMILES string of the molecule is CCCCCCCCCCCOC[C@@H]1C[C@H](O)[C@H](O)[C@@H](OCCCCCCCCCCCC[C@@H](O)CC2=C[C@H](C)OC2=O)O1. The highest BCUT2D eigenvalue weighted by Crippen LogP contribution is 2.23. The number of esters is 1. The van der Waals surface area contributed by atoms with Crippen LogP contribution in [0.3, 0.4) is 0 Å². The van der Waals surface area contributed by atoms with Crippen LogP contribution >= 0.6 is 0 Å². The molecule has 0 aromatic carbocycles. The van der Waals surface area contributed by atoms with Crippen LogP contribution in [0.1, 0.15) is 155 Å². The van der Waals surface area contributed by atoms with Gasteiger partial charge in [0.15, 0.2) is 6.29 Å². The quantitative estimate of drug-likeness (QED) is 0.0612. The smallest absolute Gasteiger partial charge is 0.334 e. The number of hydrogen-bond donors (Lipinski definition) is 3. The van der Waals surface area contributed by atoms with E-state index < -0.39 is 24.6 Å². The van der Waals surface area contributed by atoms with Crippen LogP contribution in [0.25, 0.3) is 0 Å². The normalized spacial score (nSPS) is 24.4. The molecule has 6 atom stereocenters. The molecule has 2 aliphatic heterocycles. The van der Waals surface area contributed by atoms with Gasteiger partial charge in [-0.05, 0) is 32.3 Å². The molecule has 0 amide bonds. The molecule has 0 bridgehead atoms. The van der Waals surface area contributed by atoms with Gasteiger partial charge >= 0.3 is 5.97 Å². The van der Waals surface area contributed by atoms with Crippen molar-refractivity contribution < 1.29 is 39.1 Å². The standard InChI is InChI=1S/C36H66O8/c1-3-4-5-6-7-11-14-17-20-23-41-28-32-27-33(38)34(39)36(44-32)42-24-21-18-15-12-9-8-10-13-16-19-22-31(37)26-30-25-29(2)43-35(30)40/h25,29,31-34,36-39H,3-24,26-28H2,1-2H3/t29-,31+,32-,33-,34-,36-/m0/s1. The van der Waals surface area contributed by atoms with Gasteiger partial charge in [0.1, 0.15) is 12.2 Å². The molecule has 0 aromatic heterocycles. The van der Waals surface area contributed by atoms with Gasteiger partial charge in [0, 0.05) is 31.6 Å². The van der Waals surface area contributed by atoms with E-state index in [9.17, 15) is 20.1 Å². The van der Waals surface area contributed by atoms with E-state index in [-0.39, 0.29) is 18.2 Å². The van der Waals surface area contributed by atoms with Gasteiger partial charge in [0.2, 0.25) is 0 Å². The zero-order valence-electron chi connectivity index (χ0n) is 28.1. The summed E-state index contributed by atoms with van der Waals surface area (Å²) in [6, 6.07) is 0. The van der Waals surface area contributed by atoms with Gasteiger partial charge < -0.3 is 34.3 Å². The first-order valence-corrected chi connectivity index (χ1v) is 18.2. The van der Waals surface area contributed by atoms with Crippen molar-refractivity contribution in [2.75, 3.05) is 19.8 Å². The van der Waals surface area contributed by atoms with E-state index >= 15 is 0 Å². The maximum atomic E-state index is 11.6. The minimum atomic E-state index is -1.01. The van der Waals surface area contributed by atoms with E-state index in [4.69, 9.17) is 18.9 Å². The van der Waals surface area contributed by atoms with Gasteiger partial charge in [0.25, 0.3) is 0 Å². The van der Waals surface area contributed by atoms with Crippen molar-refractivity contribution in [1.29, 1.82) is 0 Å². The Morgan fingerprint density at radius 2 is 1.36 bits per heavy atom. The lowest BCUT2D eigenvalue weighted by atomic mass is 10.0. The Hall–Kier alpha value is -1.03.